The monoisotopic (exact) mass is 167 g/mol. The van der Waals surface area contributed by atoms with E-state index in [0.717, 1.165) is 5.52 Å². The van der Waals surface area contributed by atoms with Crippen LogP contribution in [0.2, 0.25) is 0 Å². The molecule has 64 valence electrons. The molecule has 6 heteroatoms. The molecule has 0 fully saturated rings. The SMILES string of the molecule is COn1c(N)cc2cnc(N)n21. The maximum absolute atomic E-state index is 5.61. The van der Waals surface area contributed by atoms with Crippen LogP contribution in [0.4, 0.5) is 11.8 Å². The first kappa shape index (κ1) is 6.84. The van der Waals surface area contributed by atoms with Crippen LogP contribution >= 0.6 is 0 Å². The molecule has 0 aliphatic heterocycles. The second kappa shape index (κ2) is 2.07. The fourth-order valence-electron chi connectivity index (χ4n) is 1.18. The van der Waals surface area contributed by atoms with E-state index in [1.807, 2.05) is 0 Å². The van der Waals surface area contributed by atoms with Gasteiger partial charge >= 0.3 is 0 Å². The van der Waals surface area contributed by atoms with Gasteiger partial charge in [-0.15, -0.1) is 0 Å². The molecule has 0 aliphatic carbocycles. The molecular formula is C6H9N5O. The smallest absolute Gasteiger partial charge is 0.222 e. The second-order valence-corrected chi connectivity index (χ2v) is 2.38. The zero-order valence-corrected chi connectivity index (χ0v) is 6.56. The fraction of sp³-hybridized carbons (Fsp3) is 0.167. The van der Waals surface area contributed by atoms with E-state index >= 15 is 0 Å². The Morgan fingerprint density at radius 1 is 1.50 bits per heavy atom. The Balaban J connectivity index is 2.84. The van der Waals surface area contributed by atoms with E-state index in [9.17, 15) is 0 Å². The van der Waals surface area contributed by atoms with Gasteiger partial charge in [-0.1, -0.05) is 4.85 Å². The van der Waals surface area contributed by atoms with Crippen molar-refractivity contribution in [2.75, 3.05) is 18.6 Å². The lowest BCUT2D eigenvalue weighted by atomic mass is 10.5. The third-order valence-corrected chi connectivity index (χ3v) is 1.66. The molecule has 0 radical (unpaired) electrons. The van der Waals surface area contributed by atoms with Crippen LogP contribution in [0.15, 0.2) is 12.3 Å². The van der Waals surface area contributed by atoms with Crippen molar-refractivity contribution in [3.05, 3.63) is 12.3 Å². The van der Waals surface area contributed by atoms with Crippen LogP contribution < -0.4 is 16.3 Å². The molecule has 0 aromatic carbocycles. The summed E-state index contributed by atoms with van der Waals surface area (Å²) in [5.41, 5.74) is 12.0. The quantitative estimate of drug-likeness (QED) is 0.591. The third kappa shape index (κ3) is 0.659. The normalized spacial score (nSPS) is 10.8. The Bertz CT molecular complexity index is 415. The molecule has 0 saturated carbocycles. The van der Waals surface area contributed by atoms with Gasteiger partial charge in [0.25, 0.3) is 0 Å². The minimum Gasteiger partial charge on any atom is -0.399 e. The highest BCUT2D eigenvalue weighted by Gasteiger charge is 2.08. The molecule has 4 N–H and O–H groups in total. The van der Waals surface area contributed by atoms with Crippen LogP contribution in [0.1, 0.15) is 0 Å². The second-order valence-electron chi connectivity index (χ2n) is 2.38. The molecular weight excluding hydrogens is 158 g/mol. The van der Waals surface area contributed by atoms with E-state index in [2.05, 4.69) is 4.98 Å². The van der Waals surface area contributed by atoms with Crippen LogP contribution in [0.3, 0.4) is 0 Å². The van der Waals surface area contributed by atoms with Crippen molar-refractivity contribution >= 4 is 17.3 Å². The van der Waals surface area contributed by atoms with Crippen molar-refractivity contribution in [1.82, 2.24) is 14.3 Å². The number of rotatable bonds is 1. The minimum absolute atomic E-state index is 0.351. The van der Waals surface area contributed by atoms with E-state index in [4.69, 9.17) is 16.3 Å². The highest BCUT2D eigenvalue weighted by atomic mass is 16.7. The van der Waals surface area contributed by atoms with Gasteiger partial charge in [0.15, 0.2) is 5.82 Å². The topological polar surface area (TPSA) is 83.5 Å². The van der Waals surface area contributed by atoms with Gasteiger partial charge in [-0.2, -0.15) is 4.52 Å². The van der Waals surface area contributed by atoms with Gasteiger partial charge in [0.05, 0.1) is 11.7 Å². The van der Waals surface area contributed by atoms with Gasteiger partial charge in [-0.05, 0) is 0 Å². The largest absolute Gasteiger partial charge is 0.399 e. The molecule has 0 amide bonds. The maximum Gasteiger partial charge on any atom is 0.222 e. The number of aromatic nitrogens is 3. The number of nitrogens with two attached hydrogens (primary N) is 2. The van der Waals surface area contributed by atoms with Crippen LogP contribution in [-0.2, 0) is 0 Å². The van der Waals surface area contributed by atoms with Gasteiger partial charge in [-0.3, -0.25) is 0 Å². The van der Waals surface area contributed by atoms with Crippen molar-refractivity contribution < 1.29 is 4.84 Å². The molecule has 2 aromatic rings. The predicted octanol–water partition coefficient (Wildman–Crippen LogP) is -0.641. The molecule has 12 heavy (non-hydrogen) atoms. The Hall–Kier alpha value is -1.85. The molecule has 0 atom stereocenters. The fourth-order valence-corrected chi connectivity index (χ4v) is 1.18. The summed E-state index contributed by atoms with van der Waals surface area (Å²) in [5, 5.41) is 0. The van der Waals surface area contributed by atoms with E-state index in [0.29, 0.717) is 11.8 Å². The molecule has 0 unspecified atom stereocenters. The number of fused-ring (bicyclic) bond motifs is 1. The van der Waals surface area contributed by atoms with E-state index in [1.165, 1.54) is 12.0 Å². The van der Waals surface area contributed by atoms with Crippen LogP contribution in [0.25, 0.3) is 5.52 Å². The summed E-state index contributed by atoms with van der Waals surface area (Å²) < 4.78 is 1.58. The molecule has 0 spiro atoms. The summed E-state index contributed by atoms with van der Waals surface area (Å²) in [6.07, 6.45) is 1.63. The van der Waals surface area contributed by atoms with Crippen LogP contribution in [0, 0.1) is 0 Å². The molecule has 0 bridgehead atoms. The average molecular weight is 167 g/mol. The lowest BCUT2D eigenvalue weighted by Gasteiger charge is -2.04. The van der Waals surface area contributed by atoms with Gasteiger partial charge < -0.3 is 16.3 Å². The van der Waals surface area contributed by atoms with E-state index < -0.39 is 0 Å². The number of anilines is 2. The lowest BCUT2D eigenvalue weighted by Crippen LogP contribution is -2.16. The number of hydrogen-bond acceptors (Lipinski definition) is 4. The predicted molar refractivity (Wildman–Crippen MR) is 44.5 cm³/mol. The third-order valence-electron chi connectivity index (χ3n) is 1.66. The lowest BCUT2D eigenvalue weighted by molar-refractivity contribution is 0.131. The van der Waals surface area contributed by atoms with E-state index in [-0.39, 0.29) is 0 Å². The first-order valence-corrected chi connectivity index (χ1v) is 3.39. The van der Waals surface area contributed by atoms with Crippen molar-refractivity contribution in [3.63, 3.8) is 0 Å². The number of hydrogen-bond donors (Lipinski definition) is 2. The van der Waals surface area contributed by atoms with Gasteiger partial charge in [0.2, 0.25) is 5.95 Å². The maximum atomic E-state index is 5.61. The molecule has 0 saturated heterocycles. The molecule has 0 aliphatic rings. The number of nitrogen functional groups attached to an aromatic ring is 2. The summed E-state index contributed by atoms with van der Waals surface area (Å²) in [6.45, 7) is 0. The van der Waals surface area contributed by atoms with Crippen LogP contribution in [0.5, 0.6) is 0 Å². The Morgan fingerprint density at radius 2 is 2.25 bits per heavy atom. The zero-order chi connectivity index (χ0) is 8.72. The highest BCUT2D eigenvalue weighted by Crippen LogP contribution is 2.13. The van der Waals surface area contributed by atoms with Gasteiger partial charge in [-0.25, -0.2) is 4.98 Å². The summed E-state index contributed by atoms with van der Waals surface area (Å²) >= 11 is 0. The standard InChI is InChI=1S/C6H9N5O/c1-12-11-5(7)2-4-3-9-6(8)10(4)11/h2-3H,7H2,1H3,(H2,8,9). The zero-order valence-electron chi connectivity index (χ0n) is 6.56. The Kier molecular flexibility index (Phi) is 1.18. The summed E-state index contributed by atoms with van der Waals surface area (Å²) in [4.78, 5) is 10.2. The van der Waals surface area contributed by atoms with Gasteiger partial charge in [0, 0.05) is 6.07 Å². The van der Waals surface area contributed by atoms with Crippen molar-refractivity contribution in [1.29, 1.82) is 0 Å². The van der Waals surface area contributed by atoms with Crippen molar-refractivity contribution in [3.8, 4) is 0 Å². The average Bonchev–Trinajstić information content (AvgIpc) is 2.52. The minimum atomic E-state index is 0.351. The van der Waals surface area contributed by atoms with E-state index in [1.54, 1.807) is 16.8 Å². The highest BCUT2D eigenvalue weighted by molar-refractivity contribution is 5.56. The summed E-state index contributed by atoms with van der Waals surface area (Å²) in [6, 6.07) is 1.73. The van der Waals surface area contributed by atoms with Crippen molar-refractivity contribution in [2.45, 2.75) is 0 Å². The molecule has 2 heterocycles. The van der Waals surface area contributed by atoms with Crippen molar-refractivity contribution in [2.24, 2.45) is 0 Å². The Labute approximate surface area is 68.3 Å². The number of nitrogens with zero attached hydrogens (tertiary/aromatic N) is 3. The first-order valence-electron chi connectivity index (χ1n) is 3.39. The molecule has 6 nitrogen and oxygen atoms in total. The van der Waals surface area contributed by atoms with Gasteiger partial charge in [0.1, 0.15) is 7.11 Å². The first-order chi connectivity index (χ1) is 5.74. The van der Waals surface area contributed by atoms with Crippen LogP contribution in [-0.4, -0.2) is 21.5 Å². The summed E-state index contributed by atoms with van der Waals surface area (Å²) in [5.74, 6) is 0.838. The summed E-state index contributed by atoms with van der Waals surface area (Å²) in [7, 11) is 1.51. The molecule has 2 aromatic heterocycles. The Morgan fingerprint density at radius 3 is 2.92 bits per heavy atom. The molecule has 2 rings (SSSR count). The number of imidazole rings is 1.